The average Bonchev–Trinajstić information content (AvgIpc) is 3.47. The van der Waals surface area contributed by atoms with Crippen molar-refractivity contribution in [1.82, 2.24) is 18.7 Å². The van der Waals surface area contributed by atoms with Crippen LogP contribution in [0.5, 0.6) is 0 Å². The summed E-state index contributed by atoms with van der Waals surface area (Å²) < 4.78 is 6.58. The molecule has 7 rings (SSSR count). The van der Waals surface area contributed by atoms with E-state index in [1.54, 1.807) is 11.8 Å². The van der Waals surface area contributed by atoms with Crippen LogP contribution in [0.1, 0.15) is 26.3 Å². The maximum atomic E-state index is 4.81. The Balaban J connectivity index is 0.00000302. The van der Waals surface area contributed by atoms with Gasteiger partial charge in [0.15, 0.2) is 17.4 Å². The van der Waals surface area contributed by atoms with E-state index in [1.165, 1.54) is 21.9 Å². The van der Waals surface area contributed by atoms with Gasteiger partial charge in [0.25, 0.3) is 0 Å². The summed E-state index contributed by atoms with van der Waals surface area (Å²) in [7, 11) is 2.08. The number of benzene rings is 4. The Labute approximate surface area is 258 Å². The summed E-state index contributed by atoms with van der Waals surface area (Å²) in [6.45, 7) is 6.71. The Hall–Kier alpha value is -3.66. The van der Waals surface area contributed by atoms with Gasteiger partial charge >= 0.3 is 0 Å². The van der Waals surface area contributed by atoms with Gasteiger partial charge in [-0.3, -0.25) is 0 Å². The van der Waals surface area contributed by atoms with E-state index < -0.39 is 0 Å². The summed E-state index contributed by atoms with van der Waals surface area (Å²) in [4.78, 5) is 6.89. The van der Waals surface area contributed by atoms with E-state index in [1.807, 2.05) is 6.20 Å². The van der Waals surface area contributed by atoms with Crippen LogP contribution in [0.4, 0.5) is 0 Å². The quantitative estimate of drug-likeness (QED) is 0.169. The molecule has 7 aromatic rings. The molecule has 0 saturated carbocycles. The van der Waals surface area contributed by atoms with E-state index in [4.69, 9.17) is 4.98 Å². The van der Waals surface area contributed by atoms with Crippen LogP contribution in [0.2, 0.25) is 0 Å². The van der Waals surface area contributed by atoms with Gasteiger partial charge in [0, 0.05) is 57.6 Å². The topological polar surface area (TPSA) is 27.7 Å². The van der Waals surface area contributed by atoms with Crippen molar-refractivity contribution >= 4 is 44.6 Å². The molecule has 0 spiro atoms. The van der Waals surface area contributed by atoms with Gasteiger partial charge in [0.1, 0.15) is 5.82 Å². The second kappa shape index (κ2) is 10.6. The average molecular weight is 733 g/mol. The number of nitrogens with zero attached hydrogens (tertiary/aromatic N) is 4. The molecule has 0 fully saturated rings. The third-order valence-electron chi connectivity index (χ3n) is 7.44. The standard InChI is InChI=1S/C35H29N4S.Pt/c1-35(2,3)24-18-19-36-34(20-24)39-30-13-6-5-12-28(30)29-17-16-27(22-33(29)39)40-26-11-9-10-25(21-26)38-23-37(4)31-14-7-8-15-32(31)38;/h5-20,23H,1-4H3;/q-1;. The molecule has 0 N–H and O–H groups in total. The molecule has 0 saturated heterocycles. The fourth-order valence-electron chi connectivity index (χ4n) is 5.39. The van der Waals surface area contributed by atoms with Crippen LogP contribution in [-0.4, -0.2) is 18.7 Å². The first-order valence-corrected chi connectivity index (χ1v) is 14.3. The second-order valence-electron chi connectivity index (χ2n) is 11.2. The molecule has 0 atom stereocenters. The Bertz CT molecular complexity index is 2050. The predicted octanol–water partition coefficient (Wildman–Crippen LogP) is 8.79. The third kappa shape index (κ3) is 4.92. The molecule has 0 unspecified atom stereocenters. The molecule has 0 aliphatic carbocycles. The van der Waals surface area contributed by atoms with Gasteiger partial charge in [0.2, 0.25) is 0 Å². The third-order valence-corrected chi connectivity index (χ3v) is 8.36. The molecule has 3 aromatic heterocycles. The van der Waals surface area contributed by atoms with Crippen molar-refractivity contribution in [3.8, 4) is 11.5 Å². The molecule has 6 heteroatoms. The smallest absolute Gasteiger partial charge is 0.188 e. The molecule has 4 aromatic carbocycles. The molecule has 0 aliphatic rings. The Kier molecular flexibility index (Phi) is 7.13. The maximum absolute atomic E-state index is 4.81. The normalized spacial score (nSPS) is 11.8. The minimum absolute atomic E-state index is 0. The van der Waals surface area contributed by atoms with Crippen molar-refractivity contribution in [2.45, 2.75) is 36.0 Å². The van der Waals surface area contributed by atoms with Gasteiger partial charge in [-0.15, -0.1) is 34.2 Å². The number of pyridine rings is 1. The van der Waals surface area contributed by atoms with Gasteiger partial charge in [-0.25, -0.2) is 14.1 Å². The van der Waals surface area contributed by atoms with E-state index >= 15 is 0 Å². The van der Waals surface area contributed by atoms with Crippen molar-refractivity contribution in [2.24, 2.45) is 7.05 Å². The molecular formula is C35H29N4PtS-. The molecule has 41 heavy (non-hydrogen) atoms. The fourth-order valence-corrected chi connectivity index (χ4v) is 6.21. The minimum atomic E-state index is 0. The van der Waals surface area contributed by atoms with Gasteiger partial charge in [-0.1, -0.05) is 55.4 Å². The molecule has 0 aliphatic heterocycles. The summed E-state index contributed by atoms with van der Waals surface area (Å²) in [5.74, 6) is 0.915. The van der Waals surface area contributed by atoms with Gasteiger partial charge < -0.3 is 4.57 Å². The van der Waals surface area contributed by atoms with Gasteiger partial charge in [-0.05, 0) is 46.7 Å². The number of aryl methyl sites for hydroxylation is 1. The predicted molar refractivity (Wildman–Crippen MR) is 166 cm³/mol. The number of hydrogen-bond donors (Lipinski definition) is 0. The van der Waals surface area contributed by atoms with E-state index in [0.29, 0.717) is 0 Å². The molecular weight excluding hydrogens is 704 g/mol. The van der Waals surface area contributed by atoms with Crippen LogP contribution >= 0.6 is 11.8 Å². The summed E-state index contributed by atoms with van der Waals surface area (Å²) in [6, 6.07) is 39.3. The number of para-hydroxylation sites is 3. The zero-order chi connectivity index (χ0) is 27.4. The Morgan fingerprint density at radius 1 is 0.756 bits per heavy atom. The Morgan fingerprint density at radius 3 is 2.29 bits per heavy atom. The van der Waals surface area contributed by atoms with Crippen molar-refractivity contribution in [2.75, 3.05) is 0 Å². The van der Waals surface area contributed by atoms with Crippen molar-refractivity contribution in [1.29, 1.82) is 0 Å². The first kappa shape index (κ1) is 27.5. The van der Waals surface area contributed by atoms with Crippen LogP contribution in [0.25, 0.3) is 44.3 Å². The van der Waals surface area contributed by atoms with E-state index in [9.17, 15) is 0 Å². The summed E-state index contributed by atoms with van der Waals surface area (Å²) in [6.07, 6.45) is 4.03. The van der Waals surface area contributed by atoms with Crippen molar-refractivity contribution < 1.29 is 21.1 Å². The first-order chi connectivity index (χ1) is 19.4. The number of fused-ring (bicyclic) bond motifs is 4. The van der Waals surface area contributed by atoms with Crippen LogP contribution in [0, 0.1) is 12.1 Å². The number of imidazole rings is 1. The monoisotopic (exact) mass is 732 g/mol. The minimum Gasteiger partial charge on any atom is -0.319 e. The summed E-state index contributed by atoms with van der Waals surface area (Å²) in [5.41, 5.74) is 6.81. The fraction of sp³-hybridized carbons (Fsp3) is 0.143. The largest absolute Gasteiger partial charge is 0.319 e. The SMILES string of the molecule is Cn1[cH+]n(-c2[c-]c(Sc3[c-]c4c(cc3)c3ccccc3n4-c3cc(C(C)(C)C)ccn3)ccc2)c2ccccc21.[Pt]. The number of aromatic nitrogens is 4. The molecule has 3 heterocycles. The van der Waals surface area contributed by atoms with Gasteiger partial charge in [-0.2, -0.15) is 24.3 Å². The van der Waals surface area contributed by atoms with Crippen molar-refractivity contribution in [3.63, 3.8) is 0 Å². The Morgan fingerprint density at radius 2 is 1.49 bits per heavy atom. The summed E-state index contributed by atoms with van der Waals surface area (Å²) in [5, 5.41) is 2.38. The molecule has 206 valence electrons. The van der Waals surface area contributed by atoms with Crippen LogP contribution < -0.4 is 0 Å². The van der Waals surface area contributed by atoms with Gasteiger partial charge in [0.05, 0.1) is 0 Å². The number of hydrogen-bond acceptors (Lipinski definition) is 2. The maximum Gasteiger partial charge on any atom is 0.188 e. The summed E-state index contributed by atoms with van der Waals surface area (Å²) >= 11 is 1.68. The molecule has 0 radical (unpaired) electrons. The van der Waals surface area contributed by atoms with Crippen molar-refractivity contribution in [3.05, 3.63) is 121 Å². The van der Waals surface area contributed by atoms with Crippen LogP contribution in [0.3, 0.4) is 0 Å². The van der Waals surface area contributed by atoms with E-state index in [0.717, 1.165) is 37.8 Å². The molecule has 0 bridgehead atoms. The second-order valence-corrected chi connectivity index (χ2v) is 12.3. The molecule has 0 amide bonds. The molecule has 4 nitrogen and oxygen atoms in total. The zero-order valence-corrected chi connectivity index (χ0v) is 26.4. The zero-order valence-electron chi connectivity index (χ0n) is 23.3. The number of rotatable bonds is 4. The first-order valence-electron chi connectivity index (χ1n) is 13.5. The van der Waals surface area contributed by atoms with E-state index in [-0.39, 0.29) is 26.5 Å². The van der Waals surface area contributed by atoms with E-state index in [2.05, 4.69) is 151 Å². The van der Waals surface area contributed by atoms with Crippen LogP contribution in [0.15, 0.2) is 113 Å². The van der Waals surface area contributed by atoms with Crippen LogP contribution in [-0.2, 0) is 33.5 Å².